The van der Waals surface area contributed by atoms with Crippen LogP contribution in [0.4, 0.5) is 4.79 Å². The molecule has 0 saturated heterocycles. The SMILES string of the molecule is CCC[C@@H](NC(=O)OCC1c2ccccc2-c2ccccc21)C(=O)N[C@H]1CCCC[C@H]1C(=O)O. The third kappa shape index (κ3) is 5.08. The van der Waals surface area contributed by atoms with Crippen LogP contribution in [0.3, 0.4) is 0 Å². The van der Waals surface area contributed by atoms with E-state index in [9.17, 15) is 19.5 Å². The highest BCUT2D eigenvalue weighted by Gasteiger charge is 2.34. The summed E-state index contributed by atoms with van der Waals surface area (Å²) < 4.78 is 5.59. The molecule has 3 N–H and O–H groups in total. The van der Waals surface area contributed by atoms with Gasteiger partial charge in [0.1, 0.15) is 12.6 Å². The molecule has 7 heteroatoms. The number of carbonyl (C=O) groups excluding carboxylic acids is 2. The van der Waals surface area contributed by atoms with Gasteiger partial charge in [0.2, 0.25) is 5.91 Å². The van der Waals surface area contributed by atoms with Crippen molar-refractivity contribution < 1.29 is 24.2 Å². The van der Waals surface area contributed by atoms with Crippen molar-refractivity contribution in [3.05, 3.63) is 59.7 Å². The molecule has 2 amide bonds. The molecule has 0 bridgehead atoms. The zero-order valence-electron chi connectivity index (χ0n) is 19.5. The highest BCUT2D eigenvalue weighted by molar-refractivity contribution is 5.86. The summed E-state index contributed by atoms with van der Waals surface area (Å²) in [5.41, 5.74) is 4.54. The number of nitrogens with one attached hydrogen (secondary N) is 2. The molecule has 0 spiro atoms. The molecule has 2 aromatic rings. The minimum atomic E-state index is -0.887. The summed E-state index contributed by atoms with van der Waals surface area (Å²) in [5.74, 6) is -1.89. The van der Waals surface area contributed by atoms with Crippen LogP contribution < -0.4 is 10.6 Å². The highest BCUT2D eigenvalue weighted by Crippen LogP contribution is 2.44. The van der Waals surface area contributed by atoms with Crippen LogP contribution in [-0.2, 0) is 14.3 Å². The number of rotatable bonds is 8. The van der Waals surface area contributed by atoms with Crippen LogP contribution in [0.1, 0.15) is 62.5 Å². The average molecular weight is 465 g/mol. The summed E-state index contributed by atoms with van der Waals surface area (Å²) in [5, 5.41) is 15.1. The number of amides is 2. The van der Waals surface area contributed by atoms with Gasteiger partial charge in [0.05, 0.1) is 5.92 Å². The Labute approximate surface area is 199 Å². The first-order valence-corrected chi connectivity index (χ1v) is 12.1. The van der Waals surface area contributed by atoms with Gasteiger partial charge in [-0.05, 0) is 41.5 Å². The van der Waals surface area contributed by atoms with Crippen molar-refractivity contribution in [2.75, 3.05) is 6.61 Å². The Balaban J connectivity index is 1.38. The van der Waals surface area contributed by atoms with Gasteiger partial charge in [0.15, 0.2) is 0 Å². The molecule has 0 unspecified atom stereocenters. The molecule has 3 atom stereocenters. The van der Waals surface area contributed by atoms with E-state index >= 15 is 0 Å². The van der Waals surface area contributed by atoms with Crippen LogP contribution in [0, 0.1) is 5.92 Å². The first-order chi connectivity index (χ1) is 16.5. The predicted octanol–water partition coefficient (Wildman–Crippen LogP) is 4.45. The fraction of sp³-hybridized carbons (Fsp3) is 0.444. The lowest BCUT2D eigenvalue weighted by molar-refractivity contribution is -0.144. The number of carboxylic acids is 1. The van der Waals surface area contributed by atoms with E-state index in [2.05, 4.69) is 34.9 Å². The minimum Gasteiger partial charge on any atom is -0.481 e. The number of carbonyl (C=O) groups is 3. The molecular weight excluding hydrogens is 432 g/mol. The van der Waals surface area contributed by atoms with Crippen molar-refractivity contribution in [3.8, 4) is 11.1 Å². The maximum Gasteiger partial charge on any atom is 0.407 e. The maximum absolute atomic E-state index is 12.9. The fourth-order valence-electron chi connectivity index (χ4n) is 5.22. The molecular formula is C27H32N2O5. The van der Waals surface area contributed by atoms with Crippen molar-refractivity contribution in [1.29, 1.82) is 0 Å². The second-order valence-corrected chi connectivity index (χ2v) is 9.16. The average Bonchev–Trinajstić information content (AvgIpc) is 3.16. The number of fused-ring (bicyclic) bond motifs is 3. The lowest BCUT2D eigenvalue weighted by Gasteiger charge is -2.30. The predicted molar refractivity (Wildman–Crippen MR) is 128 cm³/mol. The van der Waals surface area contributed by atoms with Gasteiger partial charge in [-0.2, -0.15) is 0 Å². The molecule has 2 aromatic carbocycles. The topological polar surface area (TPSA) is 105 Å². The minimum absolute atomic E-state index is 0.0600. The number of hydrogen-bond donors (Lipinski definition) is 3. The van der Waals surface area contributed by atoms with E-state index in [4.69, 9.17) is 4.74 Å². The molecule has 0 aromatic heterocycles. The zero-order valence-corrected chi connectivity index (χ0v) is 19.5. The Morgan fingerprint density at radius 2 is 1.62 bits per heavy atom. The Hall–Kier alpha value is -3.35. The largest absolute Gasteiger partial charge is 0.481 e. The number of benzene rings is 2. The van der Waals surface area contributed by atoms with Crippen LogP contribution in [0.25, 0.3) is 11.1 Å². The lowest BCUT2D eigenvalue weighted by Crippen LogP contribution is -2.53. The number of carboxylic acid groups (broad SMARTS) is 1. The van der Waals surface area contributed by atoms with Gasteiger partial charge in [0, 0.05) is 12.0 Å². The first-order valence-electron chi connectivity index (χ1n) is 12.1. The molecule has 1 saturated carbocycles. The molecule has 34 heavy (non-hydrogen) atoms. The first kappa shape index (κ1) is 23.8. The van der Waals surface area contributed by atoms with E-state index in [0.29, 0.717) is 25.7 Å². The van der Waals surface area contributed by atoms with Crippen LogP contribution in [-0.4, -0.2) is 41.8 Å². The normalized spacial score (nSPS) is 20.0. The van der Waals surface area contributed by atoms with Crippen LogP contribution in [0.15, 0.2) is 48.5 Å². The number of aliphatic carboxylic acids is 1. The van der Waals surface area contributed by atoms with Crippen molar-refractivity contribution in [2.45, 2.75) is 63.5 Å². The Kier molecular flexibility index (Phi) is 7.50. The molecule has 1 fully saturated rings. The zero-order chi connectivity index (χ0) is 24.1. The maximum atomic E-state index is 12.9. The van der Waals surface area contributed by atoms with Gasteiger partial charge in [-0.25, -0.2) is 4.79 Å². The summed E-state index contributed by atoms with van der Waals surface area (Å²) >= 11 is 0. The second kappa shape index (κ2) is 10.7. The van der Waals surface area contributed by atoms with Gasteiger partial charge in [-0.15, -0.1) is 0 Å². The number of ether oxygens (including phenoxy) is 1. The Morgan fingerprint density at radius 1 is 1.00 bits per heavy atom. The summed E-state index contributed by atoms with van der Waals surface area (Å²) in [6.07, 6.45) is 3.40. The monoisotopic (exact) mass is 464 g/mol. The third-order valence-corrected chi connectivity index (χ3v) is 6.94. The Morgan fingerprint density at radius 3 is 2.24 bits per heavy atom. The van der Waals surface area contributed by atoms with Crippen LogP contribution in [0.5, 0.6) is 0 Å². The Bertz CT molecular complexity index is 1010. The lowest BCUT2D eigenvalue weighted by atomic mass is 9.84. The smallest absolute Gasteiger partial charge is 0.407 e. The molecule has 2 aliphatic carbocycles. The van der Waals surface area contributed by atoms with E-state index in [1.165, 1.54) is 0 Å². The molecule has 4 rings (SSSR count). The van der Waals surface area contributed by atoms with Crippen molar-refractivity contribution in [3.63, 3.8) is 0 Å². The van der Waals surface area contributed by atoms with Crippen LogP contribution in [0.2, 0.25) is 0 Å². The quantitative estimate of drug-likeness (QED) is 0.535. The van der Waals surface area contributed by atoms with Gasteiger partial charge in [-0.3, -0.25) is 9.59 Å². The second-order valence-electron chi connectivity index (χ2n) is 9.16. The molecule has 0 heterocycles. The van der Waals surface area contributed by atoms with E-state index in [1.54, 1.807) is 0 Å². The number of hydrogen-bond acceptors (Lipinski definition) is 4. The van der Waals surface area contributed by atoms with Crippen molar-refractivity contribution in [1.82, 2.24) is 10.6 Å². The summed E-state index contributed by atoms with van der Waals surface area (Å²) in [6, 6.07) is 15.0. The van der Waals surface area contributed by atoms with Gasteiger partial charge >= 0.3 is 12.1 Å². The van der Waals surface area contributed by atoms with Gasteiger partial charge < -0.3 is 20.5 Å². The van der Waals surface area contributed by atoms with Crippen molar-refractivity contribution >= 4 is 18.0 Å². The van der Waals surface area contributed by atoms with E-state index < -0.39 is 30.1 Å². The van der Waals surface area contributed by atoms with Crippen LogP contribution >= 0.6 is 0 Å². The molecule has 7 nitrogen and oxygen atoms in total. The summed E-state index contributed by atoms with van der Waals surface area (Å²) in [4.78, 5) is 37.2. The standard InChI is InChI=1S/C27H32N2O5/c1-2-9-24(25(30)28-23-15-8-7-14-21(23)26(31)32)29-27(33)34-16-22-19-12-5-3-10-17(19)18-11-4-6-13-20(18)22/h3-6,10-13,21-24H,2,7-9,14-16H2,1H3,(H,28,30)(H,29,33)(H,31,32)/t21-,23+,24-/m1/s1. The highest BCUT2D eigenvalue weighted by atomic mass is 16.5. The summed E-state index contributed by atoms with van der Waals surface area (Å²) in [7, 11) is 0. The van der Waals surface area contributed by atoms with E-state index in [1.807, 2.05) is 31.2 Å². The summed E-state index contributed by atoms with van der Waals surface area (Å²) in [6.45, 7) is 2.10. The number of alkyl carbamates (subject to hydrolysis) is 1. The molecule has 0 radical (unpaired) electrons. The van der Waals surface area contributed by atoms with Gasteiger partial charge in [-0.1, -0.05) is 74.7 Å². The molecule has 180 valence electrons. The molecule has 2 aliphatic rings. The van der Waals surface area contributed by atoms with E-state index in [-0.39, 0.29) is 18.4 Å². The molecule has 0 aliphatic heterocycles. The van der Waals surface area contributed by atoms with E-state index in [0.717, 1.165) is 35.1 Å². The van der Waals surface area contributed by atoms with Gasteiger partial charge in [0.25, 0.3) is 0 Å². The fourth-order valence-corrected chi connectivity index (χ4v) is 5.22. The third-order valence-electron chi connectivity index (χ3n) is 6.94. The van der Waals surface area contributed by atoms with Crippen molar-refractivity contribution in [2.24, 2.45) is 5.92 Å².